The molecule has 4 nitrogen and oxygen atoms in total. The molecule has 1 fully saturated rings. The fourth-order valence-electron chi connectivity index (χ4n) is 2.65. The number of rotatable bonds is 4. The molecular weight excluding hydrogens is 262 g/mol. The summed E-state index contributed by atoms with van der Waals surface area (Å²) in [6.45, 7) is 2.09. The standard InChI is InChI=1S/C14H20ClN3O/c1-10(18-15)11-2-4-12(5-3-11)14(19)17-13-6-8-16-9-7-13/h6-12,18H,2-5H2,1H3,(H,16,17,19). The van der Waals surface area contributed by atoms with E-state index in [9.17, 15) is 4.79 Å². The fraction of sp³-hybridized carbons (Fsp3) is 0.571. The average molecular weight is 282 g/mol. The Morgan fingerprint density at radius 2 is 1.95 bits per heavy atom. The van der Waals surface area contributed by atoms with Gasteiger partial charge in [-0.3, -0.25) is 9.78 Å². The number of halogens is 1. The molecule has 1 aliphatic rings. The van der Waals surface area contributed by atoms with Crippen molar-refractivity contribution in [1.82, 2.24) is 9.82 Å². The Labute approximate surface area is 119 Å². The SMILES string of the molecule is CC(NCl)C1CCC(C(=O)Nc2ccncc2)CC1. The number of amides is 1. The van der Waals surface area contributed by atoms with Gasteiger partial charge in [0.05, 0.1) is 0 Å². The van der Waals surface area contributed by atoms with Crippen molar-refractivity contribution in [2.75, 3.05) is 5.32 Å². The highest BCUT2D eigenvalue weighted by Crippen LogP contribution is 2.31. The van der Waals surface area contributed by atoms with Gasteiger partial charge >= 0.3 is 0 Å². The van der Waals surface area contributed by atoms with Crippen LogP contribution < -0.4 is 10.2 Å². The lowest BCUT2D eigenvalue weighted by Gasteiger charge is -2.30. The van der Waals surface area contributed by atoms with E-state index in [0.29, 0.717) is 12.0 Å². The number of hydrogen-bond acceptors (Lipinski definition) is 3. The van der Waals surface area contributed by atoms with Gasteiger partial charge in [-0.2, -0.15) is 0 Å². The van der Waals surface area contributed by atoms with Crippen LogP contribution in [0.1, 0.15) is 32.6 Å². The van der Waals surface area contributed by atoms with E-state index < -0.39 is 0 Å². The lowest BCUT2D eigenvalue weighted by Crippen LogP contribution is -2.34. The molecule has 1 saturated carbocycles. The van der Waals surface area contributed by atoms with E-state index in [1.54, 1.807) is 12.4 Å². The van der Waals surface area contributed by atoms with Crippen molar-refractivity contribution < 1.29 is 4.79 Å². The van der Waals surface area contributed by atoms with Crippen LogP contribution in [0.4, 0.5) is 5.69 Å². The number of hydrogen-bond donors (Lipinski definition) is 2. The molecule has 1 heterocycles. The topological polar surface area (TPSA) is 54.0 Å². The van der Waals surface area contributed by atoms with Gasteiger partial charge in [-0.05, 0) is 62.4 Å². The molecule has 5 heteroatoms. The summed E-state index contributed by atoms with van der Waals surface area (Å²) in [6.07, 6.45) is 7.33. The lowest BCUT2D eigenvalue weighted by molar-refractivity contribution is -0.121. The second kappa shape index (κ2) is 6.87. The van der Waals surface area contributed by atoms with Crippen molar-refractivity contribution in [3.63, 3.8) is 0 Å². The fourth-order valence-corrected chi connectivity index (χ4v) is 2.83. The molecule has 2 N–H and O–H groups in total. The van der Waals surface area contributed by atoms with E-state index in [1.807, 2.05) is 12.1 Å². The van der Waals surface area contributed by atoms with Crippen molar-refractivity contribution in [1.29, 1.82) is 0 Å². The van der Waals surface area contributed by atoms with Crippen LogP contribution in [-0.2, 0) is 4.79 Å². The number of carbonyl (C=O) groups excluding carboxylic acids is 1. The van der Waals surface area contributed by atoms with E-state index in [4.69, 9.17) is 11.8 Å². The predicted octanol–water partition coefficient (Wildman–Crippen LogP) is 2.96. The number of carbonyl (C=O) groups is 1. The zero-order valence-electron chi connectivity index (χ0n) is 11.1. The lowest BCUT2D eigenvalue weighted by atomic mass is 9.79. The van der Waals surface area contributed by atoms with Crippen LogP contribution >= 0.6 is 11.8 Å². The Morgan fingerprint density at radius 3 is 2.53 bits per heavy atom. The second-order valence-corrected chi connectivity index (χ2v) is 5.45. The molecule has 1 unspecified atom stereocenters. The maximum atomic E-state index is 12.1. The summed E-state index contributed by atoms with van der Waals surface area (Å²) in [4.78, 5) is 18.9. The summed E-state index contributed by atoms with van der Waals surface area (Å²) in [6, 6.07) is 3.93. The molecule has 0 radical (unpaired) electrons. The molecule has 2 rings (SSSR count). The van der Waals surface area contributed by atoms with Gasteiger partial charge in [0.2, 0.25) is 5.91 Å². The summed E-state index contributed by atoms with van der Waals surface area (Å²) >= 11 is 5.66. The molecule has 0 aromatic carbocycles. The largest absolute Gasteiger partial charge is 0.326 e. The number of nitrogens with one attached hydrogen (secondary N) is 2. The Balaban J connectivity index is 1.83. The molecule has 1 aromatic rings. The quantitative estimate of drug-likeness (QED) is 0.834. The van der Waals surface area contributed by atoms with Crippen molar-refractivity contribution in [3.8, 4) is 0 Å². The summed E-state index contributed by atoms with van der Waals surface area (Å²) in [5.74, 6) is 0.811. The minimum atomic E-state index is 0.118. The first-order valence-electron chi connectivity index (χ1n) is 6.77. The summed E-state index contributed by atoms with van der Waals surface area (Å²) in [7, 11) is 0. The molecule has 0 aliphatic heterocycles. The Morgan fingerprint density at radius 1 is 1.32 bits per heavy atom. The molecule has 0 saturated heterocycles. The van der Waals surface area contributed by atoms with Crippen LogP contribution in [0.25, 0.3) is 0 Å². The molecule has 1 amide bonds. The third kappa shape index (κ3) is 3.91. The van der Waals surface area contributed by atoms with Gasteiger partial charge in [-0.1, -0.05) is 0 Å². The van der Waals surface area contributed by atoms with Gasteiger partial charge in [0.25, 0.3) is 0 Å². The second-order valence-electron chi connectivity index (χ2n) is 5.23. The van der Waals surface area contributed by atoms with Gasteiger partial charge in [0, 0.05) is 30.0 Å². The molecular formula is C14H20ClN3O. The van der Waals surface area contributed by atoms with Gasteiger partial charge in [-0.25, -0.2) is 4.84 Å². The molecule has 104 valence electrons. The van der Waals surface area contributed by atoms with Crippen LogP contribution in [0.15, 0.2) is 24.5 Å². The minimum Gasteiger partial charge on any atom is -0.326 e. The van der Waals surface area contributed by atoms with Gasteiger partial charge in [-0.15, -0.1) is 0 Å². The van der Waals surface area contributed by atoms with E-state index in [1.165, 1.54) is 0 Å². The van der Waals surface area contributed by atoms with Crippen molar-refractivity contribution in [2.45, 2.75) is 38.6 Å². The molecule has 0 bridgehead atoms. The Hall–Kier alpha value is -1.13. The summed E-state index contributed by atoms with van der Waals surface area (Å²) in [5.41, 5.74) is 0.818. The van der Waals surface area contributed by atoms with Crippen LogP contribution in [0.2, 0.25) is 0 Å². The molecule has 1 atom stereocenters. The molecule has 0 spiro atoms. The van der Waals surface area contributed by atoms with Gasteiger partial charge in [0.15, 0.2) is 0 Å². The third-order valence-electron chi connectivity index (χ3n) is 3.97. The Kier molecular flexibility index (Phi) is 5.16. The first-order valence-corrected chi connectivity index (χ1v) is 7.15. The molecule has 1 aromatic heterocycles. The number of anilines is 1. The normalized spacial score (nSPS) is 24.7. The summed E-state index contributed by atoms with van der Waals surface area (Å²) in [5, 5.41) is 2.95. The van der Waals surface area contributed by atoms with Gasteiger partial charge < -0.3 is 5.32 Å². The highest BCUT2D eigenvalue weighted by Gasteiger charge is 2.28. The van der Waals surface area contributed by atoms with Crippen LogP contribution in [0.5, 0.6) is 0 Å². The summed E-state index contributed by atoms with van der Waals surface area (Å²) < 4.78 is 0. The minimum absolute atomic E-state index is 0.118. The zero-order valence-corrected chi connectivity index (χ0v) is 11.9. The Bertz CT molecular complexity index is 404. The highest BCUT2D eigenvalue weighted by molar-refractivity contribution is 6.13. The predicted molar refractivity (Wildman–Crippen MR) is 76.8 cm³/mol. The highest BCUT2D eigenvalue weighted by atomic mass is 35.5. The monoisotopic (exact) mass is 281 g/mol. The number of pyridine rings is 1. The maximum Gasteiger partial charge on any atom is 0.227 e. The van der Waals surface area contributed by atoms with Crippen LogP contribution in [0.3, 0.4) is 0 Å². The first-order chi connectivity index (χ1) is 9.20. The maximum absolute atomic E-state index is 12.1. The van der Waals surface area contributed by atoms with E-state index >= 15 is 0 Å². The molecule has 1 aliphatic carbocycles. The van der Waals surface area contributed by atoms with Crippen molar-refractivity contribution >= 4 is 23.4 Å². The van der Waals surface area contributed by atoms with Crippen molar-refractivity contribution in [3.05, 3.63) is 24.5 Å². The van der Waals surface area contributed by atoms with E-state index in [0.717, 1.165) is 31.4 Å². The number of aromatic nitrogens is 1. The van der Waals surface area contributed by atoms with E-state index in [-0.39, 0.29) is 11.8 Å². The average Bonchev–Trinajstić information content (AvgIpc) is 2.47. The third-order valence-corrected chi connectivity index (χ3v) is 4.31. The smallest absolute Gasteiger partial charge is 0.227 e. The number of nitrogens with zero attached hydrogens (tertiary/aromatic N) is 1. The zero-order chi connectivity index (χ0) is 13.7. The van der Waals surface area contributed by atoms with E-state index in [2.05, 4.69) is 22.1 Å². The molecule has 19 heavy (non-hydrogen) atoms. The van der Waals surface area contributed by atoms with Crippen LogP contribution in [-0.4, -0.2) is 16.9 Å². The van der Waals surface area contributed by atoms with Gasteiger partial charge in [0.1, 0.15) is 0 Å². The van der Waals surface area contributed by atoms with Crippen LogP contribution in [0, 0.1) is 11.8 Å². The van der Waals surface area contributed by atoms with Crippen molar-refractivity contribution in [2.24, 2.45) is 11.8 Å². The first kappa shape index (κ1) is 14.3.